The van der Waals surface area contributed by atoms with Crippen LogP contribution in [0.15, 0.2) is 18.3 Å². The summed E-state index contributed by atoms with van der Waals surface area (Å²) in [6.07, 6.45) is -2.31. The Bertz CT molecular complexity index is 470. The highest BCUT2D eigenvalue weighted by molar-refractivity contribution is 5.31. The Morgan fingerprint density at radius 1 is 1.33 bits per heavy atom. The zero-order valence-electron chi connectivity index (χ0n) is 9.59. The summed E-state index contributed by atoms with van der Waals surface area (Å²) in [5.74, 6) is 0. The van der Waals surface area contributed by atoms with Crippen LogP contribution >= 0.6 is 0 Å². The fourth-order valence-electron chi connectivity index (χ4n) is 2.15. The van der Waals surface area contributed by atoms with Crippen LogP contribution < -0.4 is 5.32 Å². The summed E-state index contributed by atoms with van der Waals surface area (Å²) in [4.78, 5) is 3.97. The van der Waals surface area contributed by atoms with Crippen LogP contribution in [-0.2, 0) is 11.6 Å². The summed E-state index contributed by atoms with van der Waals surface area (Å²) in [6, 6.07) is 4.06. The molecule has 96 valence electrons. The molecule has 1 saturated heterocycles. The summed E-state index contributed by atoms with van der Waals surface area (Å²) >= 11 is 0. The van der Waals surface area contributed by atoms with E-state index in [2.05, 4.69) is 16.4 Å². The molecule has 0 saturated carbocycles. The monoisotopic (exact) mass is 255 g/mol. The van der Waals surface area contributed by atoms with Gasteiger partial charge in [0.2, 0.25) is 0 Å². The second kappa shape index (κ2) is 4.58. The molecule has 2 heterocycles. The fourth-order valence-corrected chi connectivity index (χ4v) is 2.15. The number of rotatable bonds is 1. The smallest absolute Gasteiger partial charge is 0.317 e. The van der Waals surface area contributed by atoms with E-state index in [0.717, 1.165) is 18.3 Å². The highest BCUT2D eigenvalue weighted by Crippen LogP contribution is 2.35. The highest BCUT2D eigenvalue weighted by Gasteiger charge is 2.38. The molecule has 1 aromatic rings. The second-order valence-electron chi connectivity index (χ2n) is 4.37. The molecule has 0 radical (unpaired) electrons. The van der Waals surface area contributed by atoms with E-state index >= 15 is 0 Å². The molecule has 0 aromatic carbocycles. The normalized spacial score (nSPS) is 19.2. The Hall–Kier alpha value is -1.61. The molecule has 1 aliphatic rings. The highest BCUT2D eigenvalue weighted by atomic mass is 19.4. The molecule has 0 amide bonds. The third-order valence-electron chi connectivity index (χ3n) is 3.25. The molecule has 2 rings (SSSR count). The topological polar surface area (TPSA) is 48.7 Å². The minimum atomic E-state index is -4.40. The molecule has 0 unspecified atom stereocenters. The van der Waals surface area contributed by atoms with Crippen LogP contribution in [0.4, 0.5) is 13.2 Å². The third kappa shape index (κ3) is 2.31. The van der Waals surface area contributed by atoms with Gasteiger partial charge in [0.05, 0.1) is 17.3 Å². The molecule has 0 atom stereocenters. The first-order valence-corrected chi connectivity index (χ1v) is 5.64. The van der Waals surface area contributed by atoms with Crippen LogP contribution in [0.1, 0.15) is 24.1 Å². The van der Waals surface area contributed by atoms with Gasteiger partial charge in [-0.25, -0.2) is 0 Å². The standard InChI is InChI=1S/C12H12F3N3/c13-12(14,15)9-1-4-18-10(7-9)11(8-16)2-5-17-6-3-11/h1,4,7,17H,2-3,5-6H2. The van der Waals surface area contributed by atoms with Gasteiger partial charge in [0.15, 0.2) is 0 Å². The van der Waals surface area contributed by atoms with Crippen molar-refractivity contribution in [3.8, 4) is 6.07 Å². The number of piperidine rings is 1. The van der Waals surface area contributed by atoms with Gasteiger partial charge in [-0.2, -0.15) is 18.4 Å². The Morgan fingerprint density at radius 2 is 2.00 bits per heavy atom. The van der Waals surface area contributed by atoms with Crippen molar-refractivity contribution in [2.75, 3.05) is 13.1 Å². The molecule has 1 aliphatic heterocycles. The van der Waals surface area contributed by atoms with Gasteiger partial charge in [-0.05, 0) is 38.1 Å². The van der Waals surface area contributed by atoms with Crippen molar-refractivity contribution in [1.29, 1.82) is 5.26 Å². The number of nitriles is 1. The van der Waals surface area contributed by atoms with E-state index in [-0.39, 0.29) is 5.69 Å². The first-order valence-electron chi connectivity index (χ1n) is 5.64. The average Bonchev–Trinajstić information content (AvgIpc) is 2.39. The Balaban J connectivity index is 2.41. The number of halogens is 3. The Kier molecular flexibility index (Phi) is 3.26. The predicted molar refractivity (Wildman–Crippen MR) is 58.6 cm³/mol. The minimum Gasteiger partial charge on any atom is -0.317 e. The van der Waals surface area contributed by atoms with Gasteiger partial charge in [-0.1, -0.05) is 0 Å². The Labute approximate surface area is 103 Å². The number of hydrogen-bond donors (Lipinski definition) is 1. The lowest BCUT2D eigenvalue weighted by atomic mass is 9.77. The molecule has 18 heavy (non-hydrogen) atoms. The minimum absolute atomic E-state index is 0.223. The van der Waals surface area contributed by atoms with Crippen molar-refractivity contribution >= 4 is 0 Å². The molecule has 1 fully saturated rings. The van der Waals surface area contributed by atoms with Crippen molar-refractivity contribution in [2.24, 2.45) is 0 Å². The molecule has 0 spiro atoms. The Morgan fingerprint density at radius 3 is 2.56 bits per heavy atom. The summed E-state index contributed by atoms with van der Waals surface area (Å²) in [6.45, 7) is 1.23. The number of hydrogen-bond acceptors (Lipinski definition) is 3. The predicted octanol–water partition coefficient (Wildman–Crippen LogP) is 2.25. The van der Waals surface area contributed by atoms with Crippen LogP contribution in [-0.4, -0.2) is 18.1 Å². The maximum Gasteiger partial charge on any atom is 0.416 e. The van der Waals surface area contributed by atoms with Gasteiger partial charge in [0.1, 0.15) is 5.41 Å². The maximum atomic E-state index is 12.6. The molecule has 0 aliphatic carbocycles. The van der Waals surface area contributed by atoms with Crippen molar-refractivity contribution in [2.45, 2.75) is 24.4 Å². The lowest BCUT2D eigenvalue weighted by Crippen LogP contribution is -2.39. The summed E-state index contributed by atoms with van der Waals surface area (Å²) in [5, 5.41) is 12.4. The maximum absolute atomic E-state index is 12.6. The number of pyridine rings is 1. The largest absolute Gasteiger partial charge is 0.416 e. The number of alkyl halides is 3. The fraction of sp³-hybridized carbons (Fsp3) is 0.500. The van der Waals surface area contributed by atoms with Crippen LogP contribution in [0.25, 0.3) is 0 Å². The summed E-state index contributed by atoms with van der Waals surface area (Å²) in [5.41, 5.74) is -1.42. The van der Waals surface area contributed by atoms with Crippen LogP contribution in [0.2, 0.25) is 0 Å². The van der Waals surface area contributed by atoms with Crippen LogP contribution in [0.3, 0.4) is 0 Å². The van der Waals surface area contributed by atoms with E-state index in [1.165, 1.54) is 0 Å². The van der Waals surface area contributed by atoms with E-state index in [4.69, 9.17) is 0 Å². The van der Waals surface area contributed by atoms with Gasteiger partial charge in [-0.3, -0.25) is 4.98 Å². The number of nitrogens with zero attached hydrogens (tertiary/aromatic N) is 2. The lowest BCUT2D eigenvalue weighted by molar-refractivity contribution is -0.137. The molecular weight excluding hydrogens is 243 g/mol. The molecule has 6 heteroatoms. The quantitative estimate of drug-likeness (QED) is 0.837. The van der Waals surface area contributed by atoms with E-state index in [9.17, 15) is 18.4 Å². The molecule has 0 bridgehead atoms. The third-order valence-corrected chi connectivity index (χ3v) is 3.25. The molecular formula is C12H12F3N3. The summed E-state index contributed by atoms with van der Waals surface area (Å²) < 4.78 is 37.9. The first kappa shape index (κ1) is 12.8. The van der Waals surface area contributed by atoms with Gasteiger partial charge >= 0.3 is 6.18 Å². The average molecular weight is 255 g/mol. The van der Waals surface area contributed by atoms with Gasteiger partial charge in [0.25, 0.3) is 0 Å². The van der Waals surface area contributed by atoms with Gasteiger partial charge in [-0.15, -0.1) is 0 Å². The zero-order chi connectivity index (χ0) is 13.2. The SMILES string of the molecule is N#CC1(c2cc(C(F)(F)F)ccn2)CCNCC1. The van der Waals surface area contributed by atoms with Crippen molar-refractivity contribution in [3.05, 3.63) is 29.6 Å². The summed E-state index contributed by atoms with van der Waals surface area (Å²) in [7, 11) is 0. The van der Waals surface area contributed by atoms with Crippen molar-refractivity contribution in [3.63, 3.8) is 0 Å². The first-order chi connectivity index (χ1) is 8.48. The number of aromatic nitrogens is 1. The molecule has 1 aromatic heterocycles. The van der Waals surface area contributed by atoms with Gasteiger partial charge < -0.3 is 5.32 Å². The van der Waals surface area contributed by atoms with E-state index in [0.29, 0.717) is 25.9 Å². The van der Waals surface area contributed by atoms with Crippen molar-refractivity contribution < 1.29 is 13.2 Å². The second-order valence-corrected chi connectivity index (χ2v) is 4.37. The zero-order valence-corrected chi connectivity index (χ0v) is 9.59. The van der Waals surface area contributed by atoms with Gasteiger partial charge in [0, 0.05) is 6.20 Å². The van der Waals surface area contributed by atoms with Crippen LogP contribution in [0, 0.1) is 11.3 Å². The van der Waals surface area contributed by atoms with E-state index in [1.807, 2.05) is 0 Å². The van der Waals surface area contributed by atoms with Crippen LogP contribution in [0.5, 0.6) is 0 Å². The van der Waals surface area contributed by atoms with Crippen molar-refractivity contribution in [1.82, 2.24) is 10.3 Å². The van der Waals surface area contributed by atoms with E-state index in [1.54, 1.807) is 0 Å². The number of nitrogens with one attached hydrogen (secondary N) is 1. The molecule has 3 nitrogen and oxygen atoms in total. The molecule has 1 N–H and O–H groups in total. The van der Waals surface area contributed by atoms with E-state index < -0.39 is 17.2 Å². The lowest BCUT2D eigenvalue weighted by Gasteiger charge is -2.30.